The summed E-state index contributed by atoms with van der Waals surface area (Å²) >= 11 is 0. The summed E-state index contributed by atoms with van der Waals surface area (Å²) in [7, 11) is 0. The second-order valence-electron chi connectivity index (χ2n) is 7.24. The van der Waals surface area contributed by atoms with Crippen LogP contribution in [0.15, 0.2) is 60.7 Å². The Bertz CT molecular complexity index is 1170. The number of hydrogen-bond donors (Lipinski definition) is 1. The van der Waals surface area contributed by atoms with E-state index < -0.39 is 23.4 Å². The van der Waals surface area contributed by atoms with Crippen LogP contribution in [0.1, 0.15) is 10.4 Å². The van der Waals surface area contributed by atoms with Crippen molar-refractivity contribution in [1.82, 2.24) is 0 Å². The topological polar surface area (TPSA) is 111 Å². The van der Waals surface area contributed by atoms with Crippen molar-refractivity contribution < 1.29 is 24.0 Å². The van der Waals surface area contributed by atoms with E-state index in [4.69, 9.17) is 9.47 Å². The number of nitro benzene ring substituents is 1. The molecule has 0 unspecified atom stereocenters. The van der Waals surface area contributed by atoms with Gasteiger partial charge < -0.3 is 19.7 Å². The molecule has 4 rings (SSSR count). The number of morpholine rings is 1. The van der Waals surface area contributed by atoms with Crippen LogP contribution in [0.5, 0.6) is 0 Å². The zero-order chi connectivity index (χ0) is 22.5. The highest BCUT2D eigenvalue weighted by Crippen LogP contribution is 2.27. The number of nitro groups is 1. The number of esters is 1. The second kappa shape index (κ2) is 9.44. The molecule has 0 bridgehead atoms. The summed E-state index contributed by atoms with van der Waals surface area (Å²) in [4.78, 5) is 37.6. The van der Waals surface area contributed by atoms with E-state index in [1.54, 1.807) is 6.07 Å². The van der Waals surface area contributed by atoms with Gasteiger partial charge in [-0.15, -0.1) is 0 Å². The van der Waals surface area contributed by atoms with Gasteiger partial charge in [-0.2, -0.15) is 0 Å². The predicted octanol–water partition coefficient (Wildman–Crippen LogP) is 3.38. The van der Waals surface area contributed by atoms with E-state index in [1.807, 2.05) is 41.3 Å². The normalized spacial score (nSPS) is 13.6. The van der Waals surface area contributed by atoms with Crippen LogP contribution >= 0.6 is 0 Å². The Morgan fingerprint density at radius 3 is 2.53 bits per heavy atom. The van der Waals surface area contributed by atoms with Gasteiger partial charge in [0, 0.05) is 30.9 Å². The van der Waals surface area contributed by atoms with Crippen molar-refractivity contribution in [2.24, 2.45) is 0 Å². The summed E-state index contributed by atoms with van der Waals surface area (Å²) in [5, 5.41) is 15.9. The number of fused-ring (bicyclic) bond motifs is 1. The van der Waals surface area contributed by atoms with E-state index in [-0.39, 0.29) is 11.3 Å². The van der Waals surface area contributed by atoms with Crippen LogP contribution in [0.4, 0.5) is 17.1 Å². The molecule has 1 heterocycles. The minimum Gasteiger partial charge on any atom is -0.452 e. The van der Waals surface area contributed by atoms with E-state index in [0.717, 1.165) is 10.8 Å². The fraction of sp³-hybridized carbons (Fsp3) is 0.217. The van der Waals surface area contributed by atoms with Crippen LogP contribution in [-0.2, 0) is 14.3 Å². The minimum atomic E-state index is -0.802. The standard InChI is InChI=1S/C23H21N3O6/c27-22(24-18-6-5-16-3-1-2-4-17(16)13-18)15-32-23(28)20-14-19(26(29)30)7-8-21(20)25-9-11-31-12-10-25/h1-8,13-14H,9-12,15H2,(H,24,27). The maximum atomic E-state index is 12.7. The zero-order valence-corrected chi connectivity index (χ0v) is 17.2. The lowest BCUT2D eigenvalue weighted by atomic mass is 10.1. The van der Waals surface area contributed by atoms with Gasteiger partial charge >= 0.3 is 5.97 Å². The third kappa shape index (κ3) is 4.84. The number of hydrogen-bond acceptors (Lipinski definition) is 7. The molecule has 3 aromatic carbocycles. The molecule has 32 heavy (non-hydrogen) atoms. The number of nitrogens with one attached hydrogen (secondary N) is 1. The maximum absolute atomic E-state index is 12.7. The molecule has 0 spiro atoms. The first-order chi connectivity index (χ1) is 15.5. The first-order valence-electron chi connectivity index (χ1n) is 10.1. The Balaban J connectivity index is 1.45. The molecule has 1 fully saturated rings. The highest BCUT2D eigenvalue weighted by Gasteiger charge is 2.23. The Morgan fingerprint density at radius 1 is 1.03 bits per heavy atom. The minimum absolute atomic E-state index is 0.0413. The van der Waals surface area contributed by atoms with Crippen molar-refractivity contribution in [3.05, 3.63) is 76.3 Å². The number of non-ortho nitro benzene ring substituents is 1. The molecule has 3 aromatic rings. The van der Waals surface area contributed by atoms with Gasteiger partial charge in [0.15, 0.2) is 6.61 Å². The van der Waals surface area contributed by atoms with Gasteiger partial charge in [0.25, 0.3) is 11.6 Å². The third-order valence-electron chi connectivity index (χ3n) is 5.13. The predicted molar refractivity (Wildman–Crippen MR) is 119 cm³/mol. The van der Waals surface area contributed by atoms with Gasteiger partial charge in [-0.1, -0.05) is 30.3 Å². The van der Waals surface area contributed by atoms with Gasteiger partial charge in [-0.3, -0.25) is 14.9 Å². The fourth-order valence-electron chi connectivity index (χ4n) is 3.55. The van der Waals surface area contributed by atoms with Crippen molar-refractivity contribution in [3.63, 3.8) is 0 Å². The number of ether oxygens (including phenoxy) is 2. The molecule has 1 amide bonds. The molecule has 1 aliphatic heterocycles. The van der Waals surface area contributed by atoms with Gasteiger partial charge in [0.05, 0.1) is 29.4 Å². The number of benzene rings is 3. The lowest BCUT2D eigenvalue weighted by Gasteiger charge is -2.30. The van der Waals surface area contributed by atoms with Crippen LogP contribution in [0.25, 0.3) is 10.8 Å². The number of carbonyl (C=O) groups is 2. The lowest BCUT2D eigenvalue weighted by molar-refractivity contribution is -0.384. The summed E-state index contributed by atoms with van der Waals surface area (Å²) < 4.78 is 10.5. The molecular formula is C23H21N3O6. The Labute approximate surface area is 183 Å². The summed E-state index contributed by atoms with van der Waals surface area (Å²) in [6, 6.07) is 17.2. The molecule has 0 saturated carbocycles. The van der Waals surface area contributed by atoms with Gasteiger partial charge in [-0.05, 0) is 29.0 Å². The lowest BCUT2D eigenvalue weighted by Crippen LogP contribution is -2.37. The average Bonchev–Trinajstić information content (AvgIpc) is 2.82. The molecule has 0 atom stereocenters. The Kier molecular flexibility index (Phi) is 6.27. The quantitative estimate of drug-likeness (QED) is 0.359. The number of anilines is 2. The molecule has 0 aromatic heterocycles. The first-order valence-corrected chi connectivity index (χ1v) is 10.1. The molecule has 1 saturated heterocycles. The van der Waals surface area contributed by atoms with E-state index in [1.165, 1.54) is 18.2 Å². The second-order valence-corrected chi connectivity index (χ2v) is 7.24. The van der Waals surface area contributed by atoms with Crippen molar-refractivity contribution in [3.8, 4) is 0 Å². The summed E-state index contributed by atoms with van der Waals surface area (Å²) in [5.74, 6) is -1.31. The van der Waals surface area contributed by atoms with Gasteiger partial charge in [0.1, 0.15) is 0 Å². The van der Waals surface area contributed by atoms with Crippen LogP contribution in [0, 0.1) is 10.1 Å². The van der Waals surface area contributed by atoms with Crippen LogP contribution in [-0.4, -0.2) is 49.7 Å². The van der Waals surface area contributed by atoms with E-state index in [9.17, 15) is 19.7 Å². The van der Waals surface area contributed by atoms with Crippen molar-refractivity contribution in [2.75, 3.05) is 43.1 Å². The van der Waals surface area contributed by atoms with Crippen LogP contribution in [0.2, 0.25) is 0 Å². The summed E-state index contributed by atoms with van der Waals surface area (Å²) in [6.07, 6.45) is 0. The van der Waals surface area contributed by atoms with E-state index in [0.29, 0.717) is 37.7 Å². The largest absolute Gasteiger partial charge is 0.452 e. The van der Waals surface area contributed by atoms with Crippen molar-refractivity contribution >= 4 is 39.7 Å². The fourth-order valence-corrected chi connectivity index (χ4v) is 3.55. The Hall–Kier alpha value is -3.98. The van der Waals surface area contributed by atoms with Crippen LogP contribution < -0.4 is 10.2 Å². The summed E-state index contributed by atoms with van der Waals surface area (Å²) in [5.41, 5.74) is 0.905. The van der Waals surface area contributed by atoms with Crippen molar-refractivity contribution in [2.45, 2.75) is 0 Å². The number of carbonyl (C=O) groups excluding carboxylic acids is 2. The molecule has 0 radical (unpaired) electrons. The molecule has 9 nitrogen and oxygen atoms in total. The van der Waals surface area contributed by atoms with E-state index >= 15 is 0 Å². The SMILES string of the molecule is O=C(COC(=O)c1cc([N+](=O)[O-])ccc1N1CCOCC1)Nc1ccc2ccccc2c1. The van der Waals surface area contributed by atoms with Gasteiger partial charge in [-0.25, -0.2) is 4.79 Å². The molecule has 9 heteroatoms. The average molecular weight is 435 g/mol. The van der Waals surface area contributed by atoms with Crippen molar-refractivity contribution in [1.29, 1.82) is 0 Å². The highest BCUT2D eigenvalue weighted by atomic mass is 16.6. The molecule has 1 N–H and O–H groups in total. The van der Waals surface area contributed by atoms with Crippen LogP contribution in [0.3, 0.4) is 0 Å². The summed E-state index contributed by atoms with van der Waals surface area (Å²) in [6.45, 7) is 1.54. The maximum Gasteiger partial charge on any atom is 0.341 e. The Morgan fingerprint density at radius 2 is 1.78 bits per heavy atom. The highest BCUT2D eigenvalue weighted by molar-refractivity contribution is 6.00. The number of rotatable bonds is 6. The number of nitrogens with zero attached hydrogens (tertiary/aromatic N) is 2. The van der Waals surface area contributed by atoms with E-state index in [2.05, 4.69) is 5.32 Å². The zero-order valence-electron chi connectivity index (χ0n) is 17.2. The molecular weight excluding hydrogens is 414 g/mol. The monoisotopic (exact) mass is 435 g/mol. The smallest absolute Gasteiger partial charge is 0.341 e. The molecule has 164 valence electrons. The third-order valence-corrected chi connectivity index (χ3v) is 5.13. The number of amides is 1. The molecule has 0 aliphatic carbocycles. The molecule has 1 aliphatic rings. The first kappa shape index (κ1) is 21.3. The van der Waals surface area contributed by atoms with Gasteiger partial charge in [0.2, 0.25) is 0 Å².